The van der Waals surface area contributed by atoms with Crippen LogP contribution in [0.1, 0.15) is 25.0 Å². The minimum Gasteiger partial charge on any atom is -0.466 e. The molecule has 0 saturated carbocycles. The lowest BCUT2D eigenvalue weighted by molar-refractivity contribution is -0.135. The van der Waals surface area contributed by atoms with Crippen LogP contribution in [0.4, 0.5) is 0 Å². The fourth-order valence-corrected chi connectivity index (χ4v) is 2.57. The van der Waals surface area contributed by atoms with Gasteiger partial charge in [-0.05, 0) is 31.2 Å². The molecule has 0 atom stereocenters. The Hall–Kier alpha value is -2.45. The van der Waals surface area contributed by atoms with E-state index < -0.39 is 11.9 Å². The summed E-state index contributed by atoms with van der Waals surface area (Å²) >= 11 is 1.03. The van der Waals surface area contributed by atoms with E-state index in [1.165, 1.54) is 7.11 Å². The van der Waals surface area contributed by atoms with Gasteiger partial charge in [-0.2, -0.15) is 5.10 Å². The minimum atomic E-state index is -0.596. The van der Waals surface area contributed by atoms with Crippen LogP contribution in [0.3, 0.4) is 0 Å². The number of hydrogen-bond donors (Lipinski definition) is 1. The zero-order chi connectivity index (χ0) is 18.2. The molecular formula is C17H19N3O4S. The van der Waals surface area contributed by atoms with Crippen LogP contribution in [0.15, 0.2) is 45.4 Å². The van der Waals surface area contributed by atoms with Crippen molar-refractivity contribution in [3.05, 3.63) is 46.4 Å². The second-order valence-electron chi connectivity index (χ2n) is 5.30. The maximum atomic E-state index is 11.7. The first-order chi connectivity index (χ1) is 12.0. The third-order valence-electron chi connectivity index (χ3n) is 3.07. The quantitative estimate of drug-likeness (QED) is 0.363. The Kier molecular flexibility index (Phi) is 6.91. The van der Waals surface area contributed by atoms with Crippen LogP contribution in [0.5, 0.6) is 0 Å². The van der Waals surface area contributed by atoms with Crippen molar-refractivity contribution in [3.8, 4) is 0 Å². The van der Waals surface area contributed by atoms with Crippen LogP contribution in [0.2, 0.25) is 0 Å². The Morgan fingerprint density at radius 1 is 1.36 bits per heavy atom. The summed E-state index contributed by atoms with van der Waals surface area (Å²) in [6, 6.07) is 7.70. The molecule has 1 aromatic rings. The first-order valence-corrected chi connectivity index (χ1v) is 8.40. The Morgan fingerprint density at radius 2 is 2.12 bits per heavy atom. The molecule has 1 fully saturated rings. The number of amides is 1. The van der Waals surface area contributed by atoms with Gasteiger partial charge >= 0.3 is 5.97 Å². The average molecular weight is 361 g/mol. The molecule has 1 amide bonds. The van der Waals surface area contributed by atoms with E-state index in [9.17, 15) is 9.59 Å². The number of nitrogens with zero attached hydrogens (tertiary/aromatic N) is 2. The Labute approximate surface area is 150 Å². The third-order valence-corrected chi connectivity index (χ3v) is 3.97. The van der Waals surface area contributed by atoms with Gasteiger partial charge in [0.05, 0.1) is 30.9 Å². The SMILES string of the molecule is COC(=O)/C=C1/S/C(=N\N=Cc2ccccc2COC(C)C)NC1=O. The second-order valence-corrected chi connectivity index (χ2v) is 6.33. The van der Waals surface area contributed by atoms with Crippen LogP contribution in [-0.2, 0) is 25.7 Å². The first-order valence-electron chi connectivity index (χ1n) is 7.59. The molecule has 0 aromatic heterocycles. The molecule has 1 aromatic carbocycles. The summed E-state index contributed by atoms with van der Waals surface area (Å²) in [4.78, 5) is 23.1. The third kappa shape index (κ3) is 5.84. The number of ether oxygens (including phenoxy) is 2. The highest BCUT2D eigenvalue weighted by Crippen LogP contribution is 2.23. The number of thioether (sulfide) groups is 1. The van der Waals surface area contributed by atoms with E-state index in [2.05, 4.69) is 20.3 Å². The van der Waals surface area contributed by atoms with Crippen molar-refractivity contribution >= 4 is 35.0 Å². The smallest absolute Gasteiger partial charge is 0.331 e. The number of rotatable bonds is 6. The topological polar surface area (TPSA) is 89.3 Å². The fraction of sp³-hybridized carbons (Fsp3) is 0.294. The molecule has 1 aliphatic heterocycles. The molecule has 0 aliphatic carbocycles. The van der Waals surface area contributed by atoms with E-state index in [4.69, 9.17) is 4.74 Å². The van der Waals surface area contributed by atoms with E-state index in [-0.39, 0.29) is 11.0 Å². The lowest BCUT2D eigenvalue weighted by Gasteiger charge is -2.09. The summed E-state index contributed by atoms with van der Waals surface area (Å²) < 4.78 is 10.1. The predicted molar refractivity (Wildman–Crippen MR) is 97.2 cm³/mol. The second kappa shape index (κ2) is 9.14. The van der Waals surface area contributed by atoms with Gasteiger partial charge in [0.2, 0.25) is 0 Å². The van der Waals surface area contributed by atoms with Gasteiger partial charge in [0.1, 0.15) is 0 Å². The molecule has 132 valence electrons. The van der Waals surface area contributed by atoms with Crippen LogP contribution in [-0.4, -0.2) is 36.5 Å². The molecule has 1 N–H and O–H groups in total. The van der Waals surface area contributed by atoms with Gasteiger partial charge in [-0.1, -0.05) is 24.3 Å². The molecular weight excluding hydrogens is 342 g/mol. The normalized spacial score (nSPS) is 17.7. The summed E-state index contributed by atoms with van der Waals surface area (Å²) in [6.07, 6.45) is 2.85. The van der Waals surface area contributed by atoms with Gasteiger partial charge in [-0.15, -0.1) is 5.10 Å². The van der Waals surface area contributed by atoms with E-state index in [1.54, 1.807) is 6.21 Å². The highest BCUT2D eigenvalue weighted by molar-refractivity contribution is 8.18. The van der Waals surface area contributed by atoms with Gasteiger partial charge in [-0.3, -0.25) is 10.1 Å². The molecule has 7 nitrogen and oxygen atoms in total. The summed E-state index contributed by atoms with van der Waals surface area (Å²) in [5.41, 5.74) is 1.88. The molecule has 1 aliphatic rings. The molecule has 1 saturated heterocycles. The molecule has 0 radical (unpaired) electrons. The van der Waals surface area contributed by atoms with E-state index >= 15 is 0 Å². The lowest BCUT2D eigenvalue weighted by atomic mass is 10.1. The van der Waals surface area contributed by atoms with Gasteiger partial charge in [-0.25, -0.2) is 4.79 Å². The van der Waals surface area contributed by atoms with Crippen LogP contribution in [0.25, 0.3) is 0 Å². The maximum Gasteiger partial charge on any atom is 0.331 e. The number of nitrogens with one attached hydrogen (secondary N) is 1. The summed E-state index contributed by atoms with van der Waals surface area (Å²) in [6.45, 7) is 4.43. The molecule has 2 rings (SSSR count). The van der Waals surface area contributed by atoms with Gasteiger partial charge in [0.15, 0.2) is 5.17 Å². The highest BCUT2D eigenvalue weighted by atomic mass is 32.2. The van der Waals surface area contributed by atoms with Crippen LogP contribution < -0.4 is 5.32 Å². The Morgan fingerprint density at radius 3 is 2.84 bits per heavy atom. The Balaban J connectivity index is 2.06. The predicted octanol–water partition coefficient (Wildman–Crippen LogP) is 2.22. The van der Waals surface area contributed by atoms with Crippen molar-refractivity contribution in [3.63, 3.8) is 0 Å². The van der Waals surface area contributed by atoms with E-state index in [0.717, 1.165) is 29.0 Å². The number of esters is 1. The molecule has 8 heteroatoms. The molecule has 1 heterocycles. The van der Waals surface area contributed by atoms with Crippen LogP contribution >= 0.6 is 11.8 Å². The highest BCUT2D eigenvalue weighted by Gasteiger charge is 2.24. The Bertz CT molecular complexity index is 741. The average Bonchev–Trinajstić information content (AvgIpc) is 2.93. The number of amidine groups is 1. The lowest BCUT2D eigenvalue weighted by Crippen LogP contribution is -2.19. The van der Waals surface area contributed by atoms with E-state index in [1.807, 2.05) is 38.1 Å². The van der Waals surface area contributed by atoms with Crippen molar-refractivity contribution in [2.75, 3.05) is 7.11 Å². The van der Waals surface area contributed by atoms with Crippen molar-refractivity contribution in [1.82, 2.24) is 5.32 Å². The van der Waals surface area contributed by atoms with Crippen molar-refractivity contribution < 1.29 is 19.1 Å². The first kappa shape index (κ1) is 18.9. The van der Waals surface area contributed by atoms with Gasteiger partial charge in [0.25, 0.3) is 5.91 Å². The standard InChI is InChI=1S/C17H19N3O4S/c1-11(2)24-10-13-7-5-4-6-12(13)9-18-20-17-19-16(22)14(25-17)8-15(21)23-3/h4-9,11H,10H2,1-3H3,(H,19,20,22)/b14-8+,18-9?. The zero-order valence-electron chi connectivity index (χ0n) is 14.2. The number of carbonyl (C=O) groups is 2. The molecule has 0 spiro atoms. The fourth-order valence-electron chi connectivity index (χ4n) is 1.83. The van der Waals surface area contributed by atoms with Crippen molar-refractivity contribution in [1.29, 1.82) is 0 Å². The summed E-state index contributed by atoms with van der Waals surface area (Å²) in [7, 11) is 1.25. The zero-order valence-corrected chi connectivity index (χ0v) is 15.0. The summed E-state index contributed by atoms with van der Waals surface area (Å²) in [5.74, 6) is -1.00. The number of methoxy groups -OCH3 is 1. The van der Waals surface area contributed by atoms with Crippen molar-refractivity contribution in [2.45, 2.75) is 26.6 Å². The molecule has 0 bridgehead atoms. The van der Waals surface area contributed by atoms with E-state index in [0.29, 0.717) is 11.8 Å². The monoisotopic (exact) mass is 361 g/mol. The molecule has 0 unspecified atom stereocenters. The number of carbonyl (C=O) groups excluding carboxylic acids is 2. The summed E-state index contributed by atoms with van der Waals surface area (Å²) in [5, 5.41) is 10.8. The van der Waals surface area contributed by atoms with Crippen LogP contribution in [0, 0.1) is 0 Å². The van der Waals surface area contributed by atoms with Crippen molar-refractivity contribution in [2.24, 2.45) is 10.2 Å². The van der Waals surface area contributed by atoms with Gasteiger partial charge in [0, 0.05) is 11.6 Å². The number of benzene rings is 1. The van der Waals surface area contributed by atoms with Gasteiger partial charge < -0.3 is 9.47 Å². The number of hydrogen-bond acceptors (Lipinski definition) is 7. The molecule has 25 heavy (non-hydrogen) atoms. The maximum absolute atomic E-state index is 11.7. The largest absolute Gasteiger partial charge is 0.466 e. The minimum absolute atomic E-state index is 0.135.